The highest BCUT2D eigenvalue weighted by Crippen LogP contribution is 2.13. The molecule has 0 bridgehead atoms. The van der Waals surface area contributed by atoms with Crippen LogP contribution in [0.15, 0.2) is 98.2 Å². The third-order valence-electron chi connectivity index (χ3n) is 1.99. The molecule has 16 heavy (non-hydrogen) atoms. The minimum Gasteiger partial charge on any atom is -0.0991 e. The first kappa shape index (κ1) is 13.9. The average Bonchev–Trinajstić information content (AvgIpc) is 2.31. The van der Waals surface area contributed by atoms with Crippen LogP contribution in [0.4, 0.5) is 0 Å². The van der Waals surface area contributed by atoms with Gasteiger partial charge in [0.05, 0.1) is 0 Å². The summed E-state index contributed by atoms with van der Waals surface area (Å²) in [5, 5.41) is 0. The van der Waals surface area contributed by atoms with E-state index in [0.717, 1.165) is 22.3 Å². The molecule has 0 aliphatic carbocycles. The van der Waals surface area contributed by atoms with E-state index in [9.17, 15) is 0 Å². The number of allylic oxidation sites excluding steroid dienone is 10. The molecular formula is C16H18. The second-order valence-corrected chi connectivity index (χ2v) is 3.23. The van der Waals surface area contributed by atoms with E-state index >= 15 is 0 Å². The van der Waals surface area contributed by atoms with Crippen molar-refractivity contribution in [3.63, 3.8) is 0 Å². The lowest BCUT2D eigenvalue weighted by molar-refractivity contribution is 1.55. The second kappa shape index (κ2) is 7.24. The first-order chi connectivity index (χ1) is 7.52. The third-order valence-corrected chi connectivity index (χ3v) is 1.99. The molecule has 0 aromatic rings. The Hall–Kier alpha value is -2.08. The fourth-order valence-electron chi connectivity index (χ4n) is 0.838. The van der Waals surface area contributed by atoms with E-state index in [1.807, 2.05) is 24.3 Å². The van der Waals surface area contributed by atoms with E-state index in [1.54, 1.807) is 12.2 Å². The lowest BCUT2D eigenvalue weighted by atomic mass is 10.1. The van der Waals surface area contributed by atoms with Gasteiger partial charge in [0.2, 0.25) is 0 Å². The summed E-state index contributed by atoms with van der Waals surface area (Å²) in [7, 11) is 0. The molecule has 82 valence electrons. The molecule has 0 saturated heterocycles. The van der Waals surface area contributed by atoms with Gasteiger partial charge < -0.3 is 0 Å². The molecule has 0 spiro atoms. The van der Waals surface area contributed by atoms with Crippen LogP contribution >= 0.6 is 0 Å². The van der Waals surface area contributed by atoms with Crippen molar-refractivity contribution in [3.8, 4) is 0 Å². The SMILES string of the molecule is C=C/C=C\C(=C)C(=C)/C=C\C(=C)C(=C)C=C. The Morgan fingerprint density at radius 2 is 1.06 bits per heavy atom. The van der Waals surface area contributed by atoms with Gasteiger partial charge >= 0.3 is 0 Å². The summed E-state index contributed by atoms with van der Waals surface area (Å²) in [6, 6.07) is 0. The van der Waals surface area contributed by atoms with E-state index in [4.69, 9.17) is 0 Å². The summed E-state index contributed by atoms with van der Waals surface area (Å²) in [6.07, 6.45) is 10.7. The molecule has 0 aromatic heterocycles. The van der Waals surface area contributed by atoms with Gasteiger partial charge in [-0.1, -0.05) is 75.9 Å². The van der Waals surface area contributed by atoms with E-state index < -0.39 is 0 Å². The Kier molecular flexibility index (Phi) is 6.30. The highest BCUT2D eigenvalue weighted by atomic mass is 14.0. The van der Waals surface area contributed by atoms with E-state index in [-0.39, 0.29) is 0 Å². The Bertz CT molecular complexity index is 398. The van der Waals surface area contributed by atoms with Crippen molar-refractivity contribution in [1.29, 1.82) is 0 Å². The predicted molar refractivity (Wildman–Crippen MR) is 75.2 cm³/mol. The minimum atomic E-state index is 0.802. The van der Waals surface area contributed by atoms with Crippen LogP contribution in [0.25, 0.3) is 0 Å². The zero-order valence-electron chi connectivity index (χ0n) is 9.71. The van der Waals surface area contributed by atoms with Gasteiger partial charge in [0.25, 0.3) is 0 Å². The summed E-state index contributed by atoms with van der Waals surface area (Å²) < 4.78 is 0. The van der Waals surface area contributed by atoms with Gasteiger partial charge in [0, 0.05) is 0 Å². The first-order valence-electron chi connectivity index (χ1n) is 4.89. The molecule has 0 atom stereocenters. The molecule has 0 aromatic carbocycles. The van der Waals surface area contributed by atoms with Gasteiger partial charge in [-0.05, 0) is 22.3 Å². The van der Waals surface area contributed by atoms with Crippen LogP contribution < -0.4 is 0 Å². The van der Waals surface area contributed by atoms with Crippen molar-refractivity contribution in [1.82, 2.24) is 0 Å². The summed E-state index contributed by atoms with van der Waals surface area (Å²) in [6.45, 7) is 22.6. The maximum absolute atomic E-state index is 3.90. The topological polar surface area (TPSA) is 0 Å². The largest absolute Gasteiger partial charge is 0.0991 e. The van der Waals surface area contributed by atoms with Gasteiger partial charge in [-0.15, -0.1) is 0 Å². The Balaban J connectivity index is 4.51. The van der Waals surface area contributed by atoms with Crippen LogP contribution in [0.5, 0.6) is 0 Å². The van der Waals surface area contributed by atoms with Gasteiger partial charge in [-0.3, -0.25) is 0 Å². The Labute approximate surface area is 98.7 Å². The molecule has 0 amide bonds. The summed E-state index contributed by atoms with van der Waals surface area (Å²) in [5.74, 6) is 0. The monoisotopic (exact) mass is 210 g/mol. The van der Waals surface area contributed by atoms with Crippen molar-refractivity contribution in [2.24, 2.45) is 0 Å². The highest BCUT2D eigenvalue weighted by Gasteiger charge is 1.93. The summed E-state index contributed by atoms with van der Waals surface area (Å²) in [4.78, 5) is 0. The van der Waals surface area contributed by atoms with Gasteiger partial charge in [0.1, 0.15) is 0 Å². The Morgan fingerprint density at radius 1 is 0.625 bits per heavy atom. The summed E-state index contributed by atoms with van der Waals surface area (Å²) >= 11 is 0. The standard InChI is InChI=1S/C16H18/c1-7-9-10-14(4)16(6)12-11-15(5)13(3)8-2/h7-12H,1-6H2/b10-9-,12-11-. The van der Waals surface area contributed by atoms with E-state index in [2.05, 4.69) is 39.5 Å². The number of rotatable bonds is 7. The van der Waals surface area contributed by atoms with Crippen LogP contribution in [0.1, 0.15) is 0 Å². The molecule has 0 N–H and O–H groups in total. The lowest BCUT2D eigenvalue weighted by Crippen LogP contribution is -1.81. The fraction of sp³-hybridized carbons (Fsp3) is 0. The first-order valence-corrected chi connectivity index (χ1v) is 4.89. The minimum absolute atomic E-state index is 0.802. The normalized spacial score (nSPS) is 10.2. The molecule has 0 nitrogen and oxygen atoms in total. The molecule has 0 unspecified atom stereocenters. The van der Waals surface area contributed by atoms with Crippen molar-refractivity contribution in [2.75, 3.05) is 0 Å². The Morgan fingerprint density at radius 3 is 1.50 bits per heavy atom. The predicted octanol–water partition coefficient (Wildman–Crippen LogP) is 4.70. The maximum atomic E-state index is 3.90. The highest BCUT2D eigenvalue weighted by molar-refractivity contribution is 5.48. The van der Waals surface area contributed by atoms with Gasteiger partial charge in [-0.2, -0.15) is 0 Å². The molecule has 0 heterocycles. The van der Waals surface area contributed by atoms with Crippen molar-refractivity contribution >= 4 is 0 Å². The molecule has 0 saturated carbocycles. The molecule has 0 aliphatic heterocycles. The molecule has 0 aliphatic rings. The van der Waals surface area contributed by atoms with Crippen molar-refractivity contribution in [2.45, 2.75) is 0 Å². The molecule has 0 heteroatoms. The van der Waals surface area contributed by atoms with Crippen LogP contribution in [0.3, 0.4) is 0 Å². The maximum Gasteiger partial charge on any atom is -0.0262 e. The van der Waals surface area contributed by atoms with E-state index in [1.165, 1.54) is 0 Å². The molecule has 0 radical (unpaired) electrons. The third kappa shape index (κ3) is 4.97. The second-order valence-electron chi connectivity index (χ2n) is 3.23. The molecule has 0 rings (SSSR count). The number of hydrogen-bond acceptors (Lipinski definition) is 0. The zero-order valence-corrected chi connectivity index (χ0v) is 9.71. The number of hydrogen-bond donors (Lipinski definition) is 0. The summed E-state index contributed by atoms with van der Waals surface area (Å²) in [5.41, 5.74) is 3.29. The van der Waals surface area contributed by atoms with Crippen LogP contribution in [0, 0.1) is 0 Å². The quantitative estimate of drug-likeness (QED) is 0.534. The zero-order chi connectivity index (χ0) is 12.6. The fourth-order valence-corrected chi connectivity index (χ4v) is 0.838. The van der Waals surface area contributed by atoms with Crippen LogP contribution in [0.2, 0.25) is 0 Å². The van der Waals surface area contributed by atoms with Crippen molar-refractivity contribution < 1.29 is 0 Å². The smallest absolute Gasteiger partial charge is 0.0262 e. The average molecular weight is 210 g/mol. The van der Waals surface area contributed by atoms with Crippen LogP contribution in [-0.2, 0) is 0 Å². The molecular weight excluding hydrogens is 192 g/mol. The van der Waals surface area contributed by atoms with Gasteiger partial charge in [-0.25, -0.2) is 0 Å². The van der Waals surface area contributed by atoms with Crippen LogP contribution in [-0.4, -0.2) is 0 Å². The lowest BCUT2D eigenvalue weighted by Gasteiger charge is -2.00. The van der Waals surface area contributed by atoms with Crippen molar-refractivity contribution in [3.05, 3.63) is 98.2 Å². The molecule has 0 fully saturated rings. The van der Waals surface area contributed by atoms with E-state index in [0.29, 0.717) is 0 Å². The van der Waals surface area contributed by atoms with Gasteiger partial charge in [0.15, 0.2) is 0 Å².